The Bertz CT molecular complexity index is 818. The molecular weight excluding hydrogens is 341 g/mol. The van der Waals surface area contributed by atoms with Gasteiger partial charge in [-0.25, -0.2) is 9.37 Å². The number of aromatic nitrogens is 1. The number of hydrogen-bond donors (Lipinski definition) is 1. The van der Waals surface area contributed by atoms with E-state index >= 15 is 0 Å². The standard InChI is InChI=1S/C18H20FN3O2S/c1-10(2)17-21-11(3)15(25-17)18(24)22-8-7-20-16(23)14(22)12-5-4-6-13(19)9-12/h4-6,9-10,14H,7-8H2,1-3H3,(H,20,23). The first-order valence-corrected chi connectivity index (χ1v) is 9.01. The number of halogens is 1. The summed E-state index contributed by atoms with van der Waals surface area (Å²) in [6.07, 6.45) is 0. The number of carbonyl (C=O) groups is 2. The second kappa shape index (κ2) is 6.92. The van der Waals surface area contributed by atoms with Gasteiger partial charge in [-0.1, -0.05) is 26.0 Å². The molecule has 1 fully saturated rings. The molecule has 2 heterocycles. The van der Waals surface area contributed by atoms with Crippen molar-refractivity contribution in [2.45, 2.75) is 32.7 Å². The normalized spacial score (nSPS) is 17.7. The number of rotatable bonds is 3. The molecule has 0 bridgehead atoms. The summed E-state index contributed by atoms with van der Waals surface area (Å²) in [6.45, 7) is 6.61. The van der Waals surface area contributed by atoms with Gasteiger partial charge in [-0.2, -0.15) is 0 Å². The Kier molecular flexibility index (Phi) is 4.85. The summed E-state index contributed by atoms with van der Waals surface area (Å²) in [5.41, 5.74) is 1.14. The zero-order valence-corrected chi connectivity index (χ0v) is 15.2. The van der Waals surface area contributed by atoms with Crippen LogP contribution in [0.15, 0.2) is 24.3 Å². The number of aryl methyl sites for hydroxylation is 1. The van der Waals surface area contributed by atoms with E-state index in [0.29, 0.717) is 29.2 Å². The molecule has 1 atom stereocenters. The molecule has 3 rings (SSSR count). The molecular formula is C18H20FN3O2S. The molecule has 1 aromatic heterocycles. The third-order valence-corrected chi connectivity index (χ3v) is 5.58. The number of thiazole rings is 1. The molecule has 1 aromatic carbocycles. The number of nitrogens with zero attached hydrogens (tertiary/aromatic N) is 2. The van der Waals surface area contributed by atoms with Crippen LogP contribution >= 0.6 is 11.3 Å². The summed E-state index contributed by atoms with van der Waals surface area (Å²) in [7, 11) is 0. The summed E-state index contributed by atoms with van der Waals surface area (Å²) < 4.78 is 13.6. The molecule has 1 saturated heterocycles. The van der Waals surface area contributed by atoms with Gasteiger partial charge < -0.3 is 10.2 Å². The van der Waals surface area contributed by atoms with Crippen molar-refractivity contribution in [3.63, 3.8) is 0 Å². The molecule has 2 aromatic rings. The third-order valence-electron chi connectivity index (χ3n) is 4.14. The number of hydrogen-bond acceptors (Lipinski definition) is 4. The Morgan fingerprint density at radius 2 is 2.20 bits per heavy atom. The van der Waals surface area contributed by atoms with Gasteiger partial charge in [0, 0.05) is 19.0 Å². The lowest BCUT2D eigenvalue weighted by molar-refractivity contribution is -0.128. The van der Waals surface area contributed by atoms with Crippen molar-refractivity contribution >= 4 is 23.2 Å². The fraction of sp³-hybridized carbons (Fsp3) is 0.389. The lowest BCUT2D eigenvalue weighted by Gasteiger charge is -2.35. The highest BCUT2D eigenvalue weighted by Gasteiger charge is 2.36. The van der Waals surface area contributed by atoms with Crippen molar-refractivity contribution in [2.75, 3.05) is 13.1 Å². The van der Waals surface area contributed by atoms with Crippen LogP contribution in [0.25, 0.3) is 0 Å². The van der Waals surface area contributed by atoms with Crippen LogP contribution in [0, 0.1) is 12.7 Å². The quantitative estimate of drug-likeness (QED) is 0.914. The molecule has 0 saturated carbocycles. The maximum Gasteiger partial charge on any atom is 0.266 e. The fourth-order valence-corrected chi connectivity index (χ4v) is 3.91. The molecule has 1 unspecified atom stereocenters. The summed E-state index contributed by atoms with van der Waals surface area (Å²) in [5, 5.41) is 3.65. The van der Waals surface area contributed by atoms with Gasteiger partial charge in [0.15, 0.2) is 0 Å². The monoisotopic (exact) mass is 361 g/mol. The van der Waals surface area contributed by atoms with E-state index in [1.165, 1.54) is 28.4 Å². The lowest BCUT2D eigenvalue weighted by Crippen LogP contribution is -2.52. The van der Waals surface area contributed by atoms with Gasteiger partial charge in [0.2, 0.25) is 5.91 Å². The van der Waals surface area contributed by atoms with Crippen LogP contribution in [0.3, 0.4) is 0 Å². The van der Waals surface area contributed by atoms with Crippen LogP contribution in [-0.2, 0) is 4.79 Å². The van der Waals surface area contributed by atoms with Crippen molar-refractivity contribution in [3.05, 3.63) is 51.2 Å². The van der Waals surface area contributed by atoms with Gasteiger partial charge >= 0.3 is 0 Å². The lowest BCUT2D eigenvalue weighted by atomic mass is 10.0. The first-order valence-electron chi connectivity index (χ1n) is 8.20. The number of nitrogens with one attached hydrogen (secondary N) is 1. The van der Waals surface area contributed by atoms with Crippen LogP contribution in [-0.4, -0.2) is 34.8 Å². The highest BCUT2D eigenvalue weighted by Crippen LogP contribution is 2.30. The molecule has 25 heavy (non-hydrogen) atoms. The third kappa shape index (κ3) is 3.42. The molecule has 1 aliphatic rings. The van der Waals surface area contributed by atoms with E-state index in [2.05, 4.69) is 10.3 Å². The van der Waals surface area contributed by atoms with Gasteiger partial charge in [-0.3, -0.25) is 9.59 Å². The maximum absolute atomic E-state index is 13.6. The van der Waals surface area contributed by atoms with Crippen molar-refractivity contribution in [2.24, 2.45) is 0 Å². The SMILES string of the molecule is Cc1nc(C(C)C)sc1C(=O)N1CCNC(=O)C1c1cccc(F)c1. The Morgan fingerprint density at radius 1 is 1.44 bits per heavy atom. The highest BCUT2D eigenvalue weighted by molar-refractivity contribution is 7.13. The fourth-order valence-electron chi connectivity index (χ4n) is 2.89. The Balaban J connectivity index is 1.98. The zero-order valence-electron chi connectivity index (χ0n) is 14.4. The molecule has 2 amide bonds. The van der Waals surface area contributed by atoms with Gasteiger partial charge in [0.1, 0.15) is 16.7 Å². The number of amides is 2. The van der Waals surface area contributed by atoms with Crippen LogP contribution in [0.5, 0.6) is 0 Å². The molecule has 1 N–H and O–H groups in total. The summed E-state index contributed by atoms with van der Waals surface area (Å²) in [4.78, 5) is 32.0. The Labute approximate surface area is 149 Å². The topological polar surface area (TPSA) is 62.3 Å². The van der Waals surface area contributed by atoms with E-state index < -0.39 is 11.9 Å². The molecule has 7 heteroatoms. The van der Waals surface area contributed by atoms with Gasteiger partial charge in [-0.15, -0.1) is 11.3 Å². The molecule has 0 radical (unpaired) electrons. The minimum Gasteiger partial charge on any atom is -0.352 e. The van der Waals surface area contributed by atoms with Crippen LogP contribution in [0.4, 0.5) is 4.39 Å². The number of piperazine rings is 1. The van der Waals surface area contributed by atoms with E-state index in [0.717, 1.165) is 5.01 Å². The average Bonchev–Trinajstić information content (AvgIpc) is 2.96. The Hall–Kier alpha value is -2.28. The van der Waals surface area contributed by atoms with Gasteiger partial charge in [0.05, 0.1) is 10.7 Å². The van der Waals surface area contributed by atoms with E-state index in [9.17, 15) is 14.0 Å². The van der Waals surface area contributed by atoms with Crippen molar-refractivity contribution in [1.82, 2.24) is 15.2 Å². The van der Waals surface area contributed by atoms with Gasteiger partial charge in [-0.05, 0) is 24.6 Å². The molecule has 1 aliphatic heterocycles. The molecule has 0 spiro atoms. The van der Waals surface area contributed by atoms with Crippen molar-refractivity contribution < 1.29 is 14.0 Å². The summed E-state index contributed by atoms with van der Waals surface area (Å²) >= 11 is 1.36. The summed E-state index contributed by atoms with van der Waals surface area (Å²) in [6, 6.07) is 5.00. The minimum absolute atomic E-state index is 0.230. The first kappa shape index (κ1) is 17.5. The highest BCUT2D eigenvalue weighted by atomic mass is 32.1. The van der Waals surface area contributed by atoms with E-state index in [1.807, 2.05) is 13.8 Å². The average molecular weight is 361 g/mol. The number of carbonyl (C=O) groups excluding carboxylic acids is 2. The predicted molar refractivity (Wildman–Crippen MR) is 94.1 cm³/mol. The molecule has 132 valence electrons. The molecule has 5 nitrogen and oxygen atoms in total. The van der Waals surface area contributed by atoms with Crippen LogP contribution in [0.2, 0.25) is 0 Å². The summed E-state index contributed by atoms with van der Waals surface area (Å²) in [5.74, 6) is -0.726. The maximum atomic E-state index is 13.6. The molecule has 0 aliphatic carbocycles. The van der Waals surface area contributed by atoms with Crippen LogP contribution < -0.4 is 5.32 Å². The zero-order chi connectivity index (χ0) is 18.1. The van der Waals surface area contributed by atoms with E-state index in [-0.39, 0.29) is 17.7 Å². The Morgan fingerprint density at radius 3 is 2.84 bits per heavy atom. The van der Waals surface area contributed by atoms with E-state index in [4.69, 9.17) is 0 Å². The van der Waals surface area contributed by atoms with Crippen LogP contribution in [0.1, 0.15) is 51.7 Å². The van der Waals surface area contributed by atoms with Gasteiger partial charge in [0.25, 0.3) is 5.91 Å². The van der Waals surface area contributed by atoms with E-state index in [1.54, 1.807) is 19.1 Å². The largest absolute Gasteiger partial charge is 0.352 e. The predicted octanol–water partition coefficient (Wildman–Crippen LogP) is 3.03. The smallest absolute Gasteiger partial charge is 0.266 e. The second-order valence-electron chi connectivity index (χ2n) is 6.37. The first-order chi connectivity index (χ1) is 11.9. The number of benzene rings is 1. The van der Waals surface area contributed by atoms with Crippen molar-refractivity contribution in [1.29, 1.82) is 0 Å². The van der Waals surface area contributed by atoms with Crippen molar-refractivity contribution in [3.8, 4) is 0 Å². The minimum atomic E-state index is -0.832. The second-order valence-corrected chi connectivity index (χ2v) is 7.40.